The van der Waals surface area contributed by atoms with Gasteiger partial charge in [0.2, 0.25) is 5.91 Å². The van der Waals surface area contributed by atoms with Crippen LogP contribution in [0.5, 0.6) is 11.5 Å². The van der Waals surface area contributed by atoms with Crippen LogP contribution in [0.1, 0.15) is 22.8 Å². The number of azo groups is 2. The number of carboxylic acid groups (broad SMARTS) is 1. The molecule has 0 radical (unpaired) electrons. The minimum Gasteiger partial charge on any atom is -0.691 e. The van der Waals surface area contributed by atoms with E-state index in [1.807, 2.05) is 24.3 Å². The summed E-state index contributed by atoms with van der Waals surface area (Å²) in [5, 5.41) is 66.4. The van der Waals surface area contributed by atoms with Crippen LogP contribution in [0.4, 0.5) is 28.4 Å². The number of rotatable bonds is 10. The second kappa shape index (κ2) is 17.6. The average molecular weight is 684 g/mol. The van der Waals surface area contributed by atoms with E-state index >= 15 is 0 Å². The smallest absolute Gasteiger partial charge is 0.691 e. The summed E-state index contributed by atoms with van der Waals surface area (Å²) >= 11 is 0.550. The molecule has 0 aliphatic heterocycles. The number of nitrogens with zero attached hydrogens (tertiary/aromatic N) is 4. The summed E-state index contributed by atoms with van der Waals surface area (Å²) in [7, 11) is 0. The van der Waals surface area contributed by atoms with Gasteiger partial charge in [-0.1, -0.05) is 24.3 Å². The third-order valence-corrected chi connectivity index (χ3v) is 7.26. The Morgan fingerprint density at radius 2 is 1.35 bits per heavy atom. The van der Waals surface area contributed by atoms with Crippen LogP contribution < -0.4 is 74.8 Å². The van der Waals surface area contributed by atoms with Crippen molar-refractivity contribution < 1.29 is 98.7 Å². The molecule has 13 nitrogen and oxygen atoms in total. The zero-order valence-corrected chi connectivity index (χ0v) is 30.9. The van der Waals surface area contributed by atoms with E-state index in [0.29, 0.717) is 45.4 Å². The molecule has 16 heteroatoms. The first-order valence-electron chi connectivity index (χ1n) is 13.4. The van der Waals surface area contributed by atoms with E-state index in [0.717, 1.165) is 11.1 Å². The monoisotopic (exact) mass is 683 g/mol. The molecule has 232 valence electrons. The van der Waals surface area contributed by atoms with Crippen LogP contribution in [0.3, 0.4) is 0 Å². The van der Waals surface area contributed by atoms with Crippen LogP contribution in [-0.4, -0.2) is 22.1 Å². The van der Waals surface area contributed by atoms with E-state index in [1.54, 1.807) is 55.5 Å². The Morgan fingerprint density at radius 1 is 0.771 bits per heavy atom. The first-order chi connectivity index (χ1) is 22.1. The van der Waals surface area contributed by atoms with Gasteiger partial charge in [0.25, 0.3) is 0 Å². The Kier molecular flexibility index (Phi) is 14.3. The van der Waals surface area contributed by atoms with Crippen LogP contribution in [-0.2, 0) is 14.2 Å². The number of carbonyl (C=O) groups excluding carboxylic acids is 2. The molecule has 0 aliphatic rings. The van der Waals surface area contributed by atoms with Gasteiger partial charge in [0.15, 0.2) is 5.75 Å². The molecule has 0 fully saturated rings. The third kappa shape index (κ3) is 9.48. The third-order valence-electron chi connectivity index (χ3n) is 6.64. The summed E-state index contributed by atoms with van der Waals surface area (Å²) in [4.78, 5) is 22.9. The summed E-state index contributed by atoms with van der Waals surface area (Å²) in [6.45, 7) is 2.93. The fourth-order valence-corrected chi connectivity index (χ4v) is 4.97. The number of aromatic carboxylic acids is 1. The summed E-state index contributed by atoms with van der Waals surface area (Å²) < 4.78 is 4.48. The SMILES string of the molecule is CC(=O)Nc1ccc2c(O)c(N=Nc3ccc(-c4ccc(N=Nc5cc(C)c(O)c(C(=O)[O-])c5)cc4)cc3)c(SOO[O-])cc2c1.[Na+].[Na+]. The van der Waals surface area contributed by atoms with Gasteiger partial charge in [0.05, 0.1) is 40.0 Å². The topological polar surface area (TPSA) is 201 Å². The number of nitrogens with one attached hydrogen (secondary N) is 1. The maximum absolute atomic E-state index is 11.4. The number of benzene rings is 5. The summed E-state index contributed by atoms with van der Waals surface area (Å²) in [6.07, 6.45) is 0. The Labute approximate surface area is 322 Å². The number of carbonyl (C=O) groups is 2. The van der Waals surface area contributed by atoms with Crippen molar-refractivity contribution in [3.63, 3.8) is 0 Å². The van der Waals surface area contributed by atoms with Crippen molar-refractivity contribution in [1.82, 2.24) is 0 Å². The van der Waals surface area contributed by atoms with Gasteiger partial charge < -0.3 is 30.7 Å². The first kappa shape index (κ1) is 38.8. The van der Waals surface area contributed by atoms with Crippen molar-refractivity contribution in [1.29, 1.82) is 0 Å². The normalized spacial score (nSPS) is 11.0. The second-order valence-electron chi connectivity index (χ2n) is 9.85. The molecule has 48 heavy (non-hydrogen) atoms. The Balaban J connectivity index is 0.00000312. The van der Waals surface area contributed by atoms with Gasteiger partial charge in [-0.05, 0) is 89.7 Å². The Bertz CT molecular complexity index is 2010. The van der Waals surface area contributed by atoms with E-state index in [9.17, 15) is 30.2 Å². The first-order valence-corrected chi connectivity index (χ1v) is 14.2. The number of hydrogen-bond donors (Lipinski definition) is 3. The number of carboxylic acids is 1. The van der Waals surface area contributed by atoms with Gasteiger partial charge in [0.1, 0.15) is 11.4 Å². The van der Waals surface area contributed by atoms with Crippen LogP contribution >= 0.6 is 12.0 Å². The van der Waals surface area contributed by atoms with Gasteiger partial charge in [-0.15, -0.1) is 5.11 Å². The van der Waals surface area contributed by atoms with E-state index in [2.05, 4.69) is 35.1 Å². The van der Waals surface area contributed by atoms with Crippen molar-refractivity contribution in [2.75, 3.05) is 5.32 Å². The number of phenols is 2. The van der Waals surface area contributed by atoms with Crippen LogP contribution in [0.2, 0.25) is 0 Å². The van der Waals surface area contributed by atoms with Gasteiger partial charge in [0, 0.05) is 23.6 Å². The molecule has 1 amide bonds. The van der Waals surface area contributed by atoms with E-state index in [-0.39, 0.29) is 98.4 Å². The number of fused-ring (bicyclic) bond motifs is 1. The molecule has 0 heterocycles. The molecule has 5 aromatic carbocycles. The van der Waals surface area contributed by atoms with Crippen LogP contribution in [0.25, 0.3) is 21.9 Å². The fraction of sp³-hybridized carbons (Fsp3) is 0.0625. The minimum absolute atomic E-state index is 0. The molecule has 5 aromatic rings. The summed E-state index contributed by atoms with van der Waals surface area (Å²) in [5.41, 5.74) is 3.55. The van der Waals surface area contributed by atoms with Crippen LogP contribution in [0.15, 0.2) is 110 Å². The number of phenolic OH excluding ortho intramolecular Hbond substituents is 1. The fourth-order valence-electron chi connectivity index (χ4n) is 4.48. The number of aromatic hydroxyl groups is 2. The molecular weight excluding hydrogens is 660 g/mol. The maximum atomic E-state index is 11.4. The predicted molar refractivity (Wildman–Crippen MR) is 165 cm³/mol. The van der Waals surface area contributed by atoms with Gasteiger partial charge >= 0.3 is 59.1 Å². The summed E-state index contributed by atoms with van der Waals surface area (Å²) in [5.74, 6) is -2.34. The predicted octanol–water partition coefficient (Wildman–Crippen LogP) is 0.618. The quantitative estimate of drug-likeness (QED) is 0.0621. The molecule has 0 aliphatic carbocycles. The standard InChI is InChI=1S/C32H25N5O8S.2Na/c1-17-13-25(16-27(30(17)39)32(41)42)36-34-22-7-3-19(4-8-22)20-5-9-23(10-6-20)35-37-29-28(46-45-44-43)15-21-14-24(33-18(2)38)11-12-26(21)31(29)40;;/h3-16,39-40,43H,1-2H3,(H,33,38)(H,41,42);;/q;2*+1/p-2. The van der Waals surface area contributed by atoms with Gasteiger partial charge in [-0.3, -0.25) is 9.83 Å². The molecule has 0 spiro atoms. The number of amides is 1. The van der Waals surface area contributed by atoms with Crippen molar-refractivity contribution in [3.05, 3.63) is 96.1 Å². The largest absolute Gasteiger partial charge is 1.00 e. The molecule has 3 N–H and O–H groups in total. The van der Waals surface area contributed by atoms with E-state index < -0.39 is 5.97 Å². The van der Waals surface area contributed by atoms with Crippen molar-refractivity contribution in [2.24, 2.45) is 20.5 Å². The van der Waals surface area contributed by atoms with Gasteiger partial charge in [-0.25, -0.2) is 0 Å². The summed E-state index contributed by atoms with van der Waals surface area (Å²) in [6, 6.07) is 23.5. The molecular formula is C32H23N5Na2O8S. The molecule has 0 unspecified atom stereocenters. The van der Waals surface area contributed by atoms with Gasteiger partial charge in [-0.2, -0.15) is 19.7 Å². The average Bonchev–Trinajstić information content (AvgIpc) is 3.04. The van der Waals surface area contributed by atoms with Crippen molar-refractivity contribution in [2.45, 2.75) is 18.7 Å². The maximum Gasteiger partial charge on any atom is 1.00 e. The van der Waals surface area contributed by atoms with Crippen molar-refractivity contribution >= 4 is 63.1 Å². The zero-order chi connectivity index (χ0) is 32.8. The van der Waals surface area contributed by atoms with Crippen molar-refractivity contribution in [3.8, 4) is 22.6 Å². The second-order valence-corrected chi connectivity index (χ2v) is 10.6. The molecule has 0 atom stereocenters. The van der Waals surface area contributed by atoms with E-state index in [4.69, 9.17) is 0 Å². The Morgan fingerprint density at radius 3 is 1.92 bits per heavy atom. The molecule has 0 aromatic heterocycles. The Hall–Kier alpha value is -3.67. The molecule has 0 saturated carbocycles. The molecule has 0 bridgehead atoms. The van der Waals surface area contributed by atoms with Crippen LogP contribution in [0, 0.1) is 6.92 Å². The number of aryl methyl sites for hydroxylation is 1. The number of hydrogen-bond acceptors (Lipinski definition) is 13. The molecule has 0 saturated heterocycles. The zero-order valence-electron chi connectivity index (χ0n) is 26.1. The number of anilines is 1. The molecule has 5 rings (SSSR count). The van der Waals surface area contributed by atoms with E-state index in [1.165, 1.54) is 19.1 Å². The minimum atomic E-state index is -1.51.